The van der Waals surface area contributed by atoms with Crippen LogP contribution in [0.15, 0.2) is 12.0 Å². The molecular weight excluding hydrogens is 104 g/mol. The van der Waals surface area contributed by atoms with E-state index in [2.05, 4.69) is 10.6 Å². The van der Waals surface area contributed by atoms with Crippen LogP contribution in [-0.2, 0) is 0 Å². The molecule has 0 aromatic heterocycles. The number of aliphatic hydroxyl groups excluding tert-OH is 1. The SMILES string of the molecule is CC1NC=C(O)CN1. The Morgan fingerprint density at radius 3 is 3.00 bits per heavy atom. The maximum Gasteiger partial charge on any atom is 0.122 e. The van der Waals surface area contributed by atoms with Crippen LogP contribution in [0.25, 0.3) is 0 Å². The first-order chi connectivity index (χ1) is 3.79. The number of hydrogen-bond donors (Lipinski definition) is 3. The number of nitrogens with one attached hydrogen (secondary N) is 2. The van der Waals surface area contributed by atoms with E-state index in [9.17, 15) is 0 Å². The van der Waals surface area contributed by atoms with E-state index in [0.717, 1.165) is 0 Å². The Morgan fingerprint density at radius 1 is 1.88 bits per heavy atom. The van der Waals surface area contributed by atoms with Crippen LogP contribution in [0.1, 0.15) is 6.92 Å². The first-order valence-electron chi connectivity index (χ1n) is 2.66. The van der Waals surface area contributed by atoms with Crippen LogP contribution in [0.3, 0.4) is 0 Å². The Hall–Kier alpha value is -0.700. The predicted molar refractivity (Wildman–Crippen MR) is 31.3 cm³/mol. The van der Waals surface area contributed by atoms with Crippen molar-refractivity contribution in [1.29, 1.82) is 0 Å². The van der Waals surface area contributed by atoms with Crippen molar-refractivity contribution in [3.8, 4) is 0 Å². The van der Waals surface area contributed by atoms with Crippen LogP contribution in [0.4, 0.5) is 0 Å². The minimum Gasteiger partial charge on any atom is -0.509 e. The van der Waals surface area contributed by atoms with Gasteiger partial charge in [0.15, 0.2) is 0 Å². The van der Waals surface area contributed by atoms with E-state index < -0.39 is 0 Å². The highest BCUT2D eigenvalue weighted by Crippen LogP contribution is 1.90. The Labute approximate surface area is 48.4 Å². The number of rotatable bonds is 0. The summed E-state index contributed by atoms with van der Waals surface area (Å²) >= 11 is 0. The lowest BCUT2D eigenvalue weighted by atomic mass is 10.4. The van der Waals surface area contributed by atoms with Crippen molar-refractivity contribution in [1.82, 2.24) is 10.6 Å². The highest BCUT2D eigenvalue weighted by molar-refractivity contribution is 4.96. The predicted octanol–water partition coefficient (Wildman–Crippen LogP) is -0.0754. The standard InChI is InChI=1S/C5H10N2O/c1-4-6-2-5(8)3-7-4/h2,4,6-8H,3H2,1H3. The van der Waals surface area contributed by atoms with E-state index >= 15 is 0 Å². The molecular formula is C5H10N2O. The number of hydrogen-bond acceptors (Lipinski definition) is 3. The molecule has 0 saturated carbocycles. The van der Waals surface area contributed by atoms with Gasteiger partial charge in [-0.3, -0.25) is 5.32 Å². The zero-order chi connectivity index (χ0) is 5.98. The first kappa shape index (κ1) is 5.44. The van der Waals surface area contributed by atoms with Gasteiger partial charge in [-0.2, -0.15) is 0 Å². The lowest BCUT2D eigenvalue weighted by molar-refractivity contribution is 0.345. The summed E-state index contributed by atoms with van der Waals surface area (Å²) in [5, 5.41) is 14.7. The Kier molecular flexibility index (Phi) is 1.39. The van der Waals surface area contributed by atoms with Gasteiger partial charge in [0.2, 0.25) is 0 Å². The second kappa shape index (κ2) is 2.05. The summed E-state index contributed by atoms with van der Waals surface area (Å²) < 4.78 is 0. The van der Waals surface area contributed by atoms with Gasteiger partial charge in [-0.25, -0.2) is 0 Å². The maximum absolute atomic E-state index is 8.76. The second-order valence-corrected chi connectivity index (χ2v) is 1.90. The molecule has 1 atom stereocenters. The van der Waals surface area contributed by atoms with E-state index in [-0.39, 0.29) is 6.17 Å². The highest BCUT2D eigenvalue weighted by atomic mass is 16.3. The molecule has 1 heterocycles. The third-order valence-electron chi connectivity index (χ3n) is 1.09. The molecule has 8 heavy (non-hydrogen) atoms. The average Bonchev–Trinajstić information content (AvgIpc) is 1.77. The van der Waals surface area contributed by atoms with Crippen molar-refractivity contribution in [2.75, 3.05) is 6.54 Å². The Bertz CT molecular complexity index is 111. The minimum atomic E-state index is 0.283. The zero-order valence-electron chi connectivity index (χ0n) is 4.81. The van der Waals surface area contributed by atoms with Crippen LogP contribution in [-0.4, -0.2) is 17.8 Å². The summed E-state index contributed by atoms with van der Waals surface area (Å²) in [5.41, 5.74) is 0. The molecule has 0 fully saturated rings. The van der Waals surface area contributed by atoms with Gasteiger partial charge in [-0.1, -0.05) is 0 Å². The monoisotopic (exact) mass is 114 g/mol. The van der Waals surface area contributed by atoms with Crippen LogP contribution in [0.5, 0.6) is 0 Å². The van der Waals surface area contributed by atoms with Crippen molar-refractivity contribution in [2.45, 2.75) is 13.1 Å². The van der Waals surface area contributed by atoms with Gasteiger partial charge in [0, 0.05) is 6.20 Å². The molecule has 0 amide bonds. The third-order valence-corrected chi connectivity index (χ3v) is 1.09. The Morgan fingerprint density at radius 2 is 2.62 bits per heavy atom. The van der Waals surface area contributed by atoms with Crippen molar-refractivity contribution in [2.24, 2.45) is 0 Å². The van der Waals surface area contributed by atoms with Gasteiger partial charge in [0.1, 0.15) is 5.76 Å². The maximum atomic E-state index is 8.76. The van der Waals surface area contributed by atoms with Crippen LogP contribution in [0, 0.1) is 0 Å². The van der Waals surface area contributed by atoms with E-state index in [0.29, 0.717) is 12.3 Å². The summed E-state index contributed by atoms with van der Waals surface area (Å²) in [6.45, 7) is 2.57. The molecule has 0 aromatic rings. The molecule has 0 aromatic carbocycles. The highest BCUT2D eigenvalue weighted by Gasteiger charge is 2.03. The first-order valence-corrected chi connectivity index (χ1v) is 2.66. The molecule has 0 bridgehead atoms. The van der Waals surface area contributed by atoms with Crippen molar-refractivity contribution in [3.05, 3.63) is 12.0 Å². The van der Waals surface area contributed by atoms with Crippen molar-refractivity contribution in [3.63, 3.8) is 0 Å². The summed E-state index contributed by atoms with van der Waals surface area (Å²) in [6, 6.07) is 0. The smallest absolute Gasteiger partial charge is 0.122 e. The molecule has 0 radical (unpaired) electrons. The molecule has 1 unspecified atom stereocenters. The molecule has 0 saturated heterocycles. The molecule has 3 heteroatoms. The van der Waals surface area contributed by atoms with E-state index in [1.165, 1.54) is 0 Å². The molecule has 1 aliphatic rings. The normalized spacial score (nSPS) is 28.6. The minimum absolute atomic E-state index is 0.283. The lowest BCUT2D eigenvalue weighted by Crippen LogP contribution is -2.41. The van der Waals surface area contributed by atoms with E-state index in [1.54, 1.807) is 6.20 Å². The van der Waals surface area contributed by atoms with Crippen LogP contribution >= 0.6 is 0 Å². The van der Waals surface area contributed by atoms with Crippen LogP contribution in [0.2, 0.25) is 0 Å². The fraction of sp³-hybridized carbons (Fsp3) is 0.600. The third kappa shape index (κ3) is 1.13. The zero-order valence-corrected chi connectivity index (χ0v) is 4.81. The van der Waals surface area contributed by atoms with E-state index in [1.807, 2.05) is 6.92 Å². The Balaban J connectivity index is 2.42. The van der Waals surface area contributed by atoms with Crippen LogP contribution < -0.4 is 10.6 Å². The summed E-state index contributed by atoms with van der Waals surface area (Å²) in [4.78, 5) is 0. The van der Waals surface area contributed by atoms with E-state index in [4.69, 9.17) is 5.11 Å². The molecule has 3 N–H and O–H groups in total. The summed E-state index contributed by atoms with van der Waals surface area (Å²) in [7, 11) is 0. The number of aliphatic hydroxyl groups is 1. The second-order valence-electron chi connectivity index (χ2n) is 1.90. The average molecular weight is 114 g/mol. The van der Waals surface area contributed by atoms with Gasteiger partial charge in [0.05, 0.1) is 12.7 Å². The molecule has 0 aliphatic carbocycles. The molecule has 1 aliphatic heterocycles. The molecule has 0 spiro atoms. The topological polar surface area (TPSA) is 44.3 Å². The fourth-order valence-electron chi connectivity index (χ4n) is 0.589. The van der Waals surface area contributed by atoms with Gasteiger partial charge in [-0.15, -0.1) is 0 Å². The van der Waals surface area contributed by atoms with Gasteiger partial charge >= 0.3 is 0 Å². The molecule has 1 rings (SSSR count). The van der Waals surface area contributed by atoms with Gasteiger partial charge < -0.3 is 10.4 Å². The fourth-order valence-corrected chi connectivity index (χ4v) is 0.589. The molecule has 3 nitrogen and oxygen atoms in total. The summed E-state index contributed by atoms with van der Waals surface area (Å²) in [6.07, 6.45) is 1.90. The summed E-state index contributed by atoms with van der Waals surface area (Å²) in [5.74, 6) is 0.364. The van der Waals surface area contributed by atoms with Crippen molar-refractivity contribution >= 4 is 0 Å². The molecule has 46 valence electrons. The van der Waals surface area contributed by atoms with Crippen molar-refractivity contribution < 1.29 is 5.11 Å². The van der Waals surface area contributed by atoms with Gasteiger partial charge in [-0.05, 0) is 6.92 Å². The van der Waals surface area contributed by atoms with Gasteiger partial charge in [0.25, 0.3) is 0 Å². The largest absolute Gasteiger partial charge is 0.509 e. The lowest BCUT2D eigenvalue weighted by Gasteiger charge is -2.18. The quantitative estimate of drug-likeness (QED) is 0.413.